The van der Waals surface area contributed by atoms with Gasteiger partial charge in [-0.15, -0.1) is 0 Å². The summed E-state index contributed by atoms with van der Waals surface area (Å²) in [5, 5.41) is 4.29. The maximum atomic E-state index is 13.4. The Labute approximate surface area is 123 Å². The number of benzene rings is 1. The van der Waals surface area contributed by atoms with E-state index in [1.54, 1.807) is 4.68 Å². The Morgan fingerprint density at radius 3 is 2.84 bits per heavy atom. The number of halogens is 3. The Hall–Kier alpha value is -1.18. The van der Waals surface area contributed by atoms with Crippen LogP contribution in [0.1, 0.15) is 18.5 Å². The molecule has 0 bridgehead atoms. The first kappa shape index (κ1) is 14.2. The summed E-state index contributed by atoms with van der Waals surface area (Å²) in [7, 11) is 0. The first-order valence-electron chi connectivity index (χ1n) is 5.80. The number of hydrogen-bond acceptors (Lipinski definition) is 2. The van der Waals surface area contributed by atoms with Crippen LogP contribution in [0.15, 0.2) is 30.5 Å². The van der Waals surface area contributed by atoms with E-state index in [-0.39, 0.29) is 18.5 Å². The SMILES string of the molecule is CC(c1cc(F)ccc1OCCF)n1ccc(I)n1. The predicted octanol–water partition coefficient (Wildman–Crippen LogP) is 3.58. The van der Waals surface area contributed by atoms with E-state index in [0.717, 1.165) is 3.70 Å². The van der Waals surface area contributed by atoms with Crippen molar-refractivity contribution in [3.05, 3.63) is 45.5 Å². The second kappa shape index (κ2) is 6.31. The van der Waals surface area contributed by atoms with Gasteiger partial charge in [0.15, 0.2) is 0 Å². The smallest absolute Gasteiger partial charge is 0.124 e. The number of rotatable bonds is 5. The third kappa shape index (κ3) is 3.43. The zero-order chi connectivity index (χ0) is 13.8. The largest absolute Gasteiger partial charge is 0.490 e. The van der Waals surface area contributed by atoms with Crippen LogP contribution in [0.5, 0.6) is 5.75 Å². The lowest BCUT2D eigenvalue weighted by atomic mass is 10.1. The van der Waals surface area contributed by atoms with Crippen molar-refractivity contribution in [2.24, 2.45) is 0 Å². The van der Waals surface area contributed by atoms with E-state index in [9.17, 15) is 8.78 Å². The van der Waals surface area contributed by atoms with Gasteiger partial charge in [0.1, 0.15) is 28.5 Å². The standard InChI is InChI=1S/C13H13F2IN2O/c1-9(18-6-4-13(16)17-18)11-8-10(15)2-3-12(11)19-7-5-14/h2-4,6,8-9H,5,7H2,1H3. The lowest BCUT2D eigenvalue weighted by molar-refractivity contribution is 0.268. The monoisotopic (exact) mass is 378 g/mol. The van der Waals surface area contributed by atoms with Gasteiger partial charge in [-0.1, -0.05) is 0 Å². The molecule has 0 saturated heterocycles. The van der Waals surface area contributed by atoms with E-state index < -0.39 is 6.67 Å². The molecular formula is C13H13F2IN2O. The molecular weight excluding hydrogens is 365 g/mol. The number of ether oxygens (including phenoxy) is 1. The summed E-state index contributed by atoms with van der Waals surface area (Å²) in [4.78, 5) is 0. The van der Waals surface area contributed by atoms with Gasteiger partial charge in [-0.2, -0.15) is 5.10 Å². The summed E-state index contributed by atoms with van der Waals surface area (Å²) < 4.78 is 33.5. The number of alkyl halides is 1. The van der Waals surface area contributed by atoms with Crippen LogP contribution in [0.4, 0.5) is 8.78 Å². The molecule has 102 valence electrons. The van der Waals surface area contributed by atoms with Crippen LogP contribution >= 0.6 is 22.6 Å². The lowest BCUT2D eigenvalue weighted by Crippen LogP contribution is -2.11. The van der Waals surface area contributed by atoms with E-state index in [2.05, 4.69) is 27.7 Å². The highest BCUT2D eigenvalue weighted by atomic mass is 127. The highest BCUT2D eigenvalue weighted by Crippen LogP contribution is 2.28. The molecule has 0 aliphatic rings. The molecule has 0 fully saturated rings. The van der Waals surface area contributed by atoms with Gasteiger partial charge in [0.05, 0.1) is 6.04 Å². The van der Waals surface area contributed by atoms with Crippen molar-refractivity contribution in [1.82, 2.24) is 9.78 Å². The molecule has 1 unspecified atom stereocenters. The highest BCUT2D eigenvalue weighted by Gasteiger charge is 2.15. The van der Waals surface area contributed by atoms with Gasteiger partial charge in [0.25, 0.3) is 0 Å². The molecule has 2 aromatic rings. The Bertz CT molecular complexity index is 559. The minimum atomic E-state index is -0.579. The Kier molecular flexibility index (Phi) is 4.73. The Morgan fingerprint density at radius 2 is 2.21 bits per heavy atom. The molecule has 0 radical (unpaired) electrons. The molecule has 0 amide bonds. The highest BCUT2D eigenvalue weighted by molar-refractivity contribution is 14.1. The van der Waals surface area contributed by atoms with Crippen LogP contribution in [-0.4, -0.2) is 23.1 Å². The van der Waals surface area contributed by atoms with Gasteiger partial charge >= 0.3 is 0 Å². The molecule has 19 heavy (non-hydrogen) atoms. The summed E-state index contributed by atoms with van der Waals surface area (Å²) in [6.45, 7) is 1.27. The number of nitrogens with zero attached hydrogens (tertiary/aromatic N) is 2. The minimum absolute atomic E-state index is 0.0397. The fourth-order valence-electron chi connectivity index (χ4n) is 1.80. The quantitative estimate of drug-likeness (QED) is 0.744. The minimum Gasteiger partial charge on any atom is -0.490 e. The van der Waals surface area contributed by atoms with Crippen molar-refractivity contribution in [3.8, 4) is 5.75 Å². The first-order valence-corrected chi connectivity index (χ1v) is 6.88. The normalized spacial score (nSPS) is 12.4. The van der Waals surface area contributed by atoms with Gasteiger partial charge in [-0.05, 0) is 53.8 Å². The summed E-state index contributed by atoms with van der Waals surface area (Å²) in [6, 6.07) is 5.89. The van der Waals surface area contributed by atoms with Crippen molar-refractivity contribution in [1.29, 1.82) is 0 Å². The molecule has 1 aromatic carbocycles. The maximum absolute atomic E-state index is 13.4. The summed E-state index contributed by atoms with van der Waals surface area (Å²) in [6.07, 6.45) is 1.82. The zero-order valence-electron chi connectivity index (χ0n) is 10.3. The van der Waals surface area contributed by atoms with E-state index >= 15 is 0 Å². The molecule has 6 heteroatoms. The topological polar surface area (TPSA) is 27.1 Å². The summed E-state index contributed by atoms with van der Waals surface area (Å²) in [5.74, 6) is 0.133. The number of hydrogen-bond donors (Lipinski definition) is 0. The van der Waals surface area contributed by atoms with Gasteiger partial charge in [0, 0.05) is 11.8 Å². The molecule has 0 saturated carbocycles. The molecule has 3 nitrogen and oxygen atoms in total. The van der Waals surface area contributed by atoms with Gasteiger partial charge < -0.3 is 4.74 Å². The van der Waals surface area contributed by atoms with Gasteiger partial charge in [-0.3, -0.25) is 4.68 Å². The van der Waals surface area contributed by atoms with Crippen LogP contribution in [0.3, 0.4) is 0 Å². The fraction of sp³-hybridized carbons (Fsp3) is 0.308. The van der Waals surface area contributed by atoms with Crippen LogP contribution in [0.2, 0.25) is 0 Å². The zero-order valence-corrected chi connectivity index (χ0v) is 12.5. The van der Waals surface area contributed by atoms with Crippen LogP contribution in [0.25, 0.3) is 0 Å². The van der Waals surface area contributed by atoms with Crippen LogP contribution in [-0.2, 0) is 0 Å². The summed E-state index contributed by atoms with van der Waals surface area (Å²) >= 11 is 2.10. The van der Waals surface area contributed by atoms with Crippen LogP contribution < -0.4 is 4.74 Å². The average Bonchev–Trinajstić information content (AvgIpc) is 2.83. The molecule has 1 atom stereocenters. The Balaban J connectivity index is 2.33. The number of aromatic nitrogens is 2. The van der Waals surface area contributed by atoms with Gasteiger partial charge in [-0.25, -0.2) is 8.78 Å². The maximum Gasteiger partial charge on any atom is 0.124 e. The molecule has 2 rings (SSSR count). The average molecular weight is 378 g/mol. The molecule has 0 aliphatic heterocycles. The van der Waals surface area contributed by atoms with Crippen molar-refractivity contribution >= 4 is 22.6 Å². The van der Waals surface area contributed by atoms with E-state index in [0.29, 0.717) is 11.3 Å². The molecule has 1 aromatic heterocycles. The predicted molar refractivity (Wildman–Crippen MR) is 76.6 cm³/mol. The third-order valence-electron chi connectivity index (χ3n) is 2.73. The first-order chi connectivity index (χ1) is 9.11. The molecule has 0 spiro atoms. The van der Waals surface area contributed by atoms with Gasteiger partial charge in [0.2, 0.25) is 0 Å². The van der Waals surface area contributed by atoms with E-state index in [4.69, 9.17) is 4.74 Å². The van der Waals surface area contributed by atoms with Crippen LogP contribution in [0, 0.1) is 9.52 Å². The van der Waals surface area contributed by atoms with E-state index in [1.165, 1.54) is 18.2 Å². The molecule has 1 heterocycles. The molecule has 0 aliphatic carbocycles. The van der Waals surface area contributed by atoms with E-state index in [1.807, 2.05) is 19.2 Å². The third-order valence-corrected chi connectivity index (χ3v) is 3.30. The van der Waals surface area contributed by atoms with Crippen molar-refractivity contribution in [3.63, 3.8) is 0 Å². The summed E-state index contributed by atoms with van der Waals surface area (Å²) in [5.41, 5.74) is 0.646. The second-order valence-corrected chi connectivity index (χ2v) is 5.12. The van der Waals surface area contributed by atoms with Crippen molar-refractivity contribution < 1.29 is 13.5 Å². The lowest BCUT2D eigenvalue weighted by Gasteiger charge is -2.17. The van der Waals surface area contributed by atoms with Crippen molar-refractivity contribution in [2.45, 2.75) is 13.0 Å². The molecule has 0 N–H and O–H groups in total. The van der Waals surface area contributed by atoms with Crippen molar-refractivity contribution in [2.75, 3.05) is 13.3 Å². The second-order valence-electron chi connectivity index (χ2n) is 4.01. The fourth-order valence-corrected chi connectivity index (χ4v) is 2.21. The Morgan fingerprint density at radius 1 is 1.42 bits per heavy atom.